The van der Waals surface area contributed by atoms with Crippen molar-refractivity contribution in [2.75, 3.05) is 26.7 Å². The van der Waals surface area contributed by atoms with E-state index < -0.39 is 6.09 Å². The summed E-state index contributed by atoms with van der Waals surface area (Å²) in [7, 11) is 1.73. The van der Waals surface area contributed by atoms with Gasteiger partial charge in [0.1, 0.15) is 13.2 Å². The third-order valence-corrected chi connectivity index (χ3v) is 3.35. The number of amides is 2. The molecule has 1 fully saturated rings. The maximum absolute atomic E-state index is 12.1. The molecule has 2 heterocycles. The van der Waals surface area contributed by atoms with E-state index in [0.717, 1.165) is 5.69 Å². The Morgan fingerprint density at radius 3 is 2.95 bits per heavy atom. The van der Waals surface area contributed by atoms with Gasteiger partial charge in [0.05, 0.1) is 12.2 Å². The van der Waals surface area contributed by atoms with E-state index in [0.29, 0.717) is 19.6 Å². The predicted octanol–water partition coefficient (Wildman–Crippen LogP) is 0.318. The molecule has 0 aromatic carbocycles. The summed E-state index contributed by atoms with van der Waals surface area (Å²) in [6, 6.07) is -0.0159. The third kappa shape index (κ3) is 3.43. The lowest BCUT2D eigenvalue weighted by atomic mass is 10.1. The third-order valence-electron chi connectivity index (χ3n) is 3.35. The average Bonchev–Trinajstić information content (AvgIpc) is 2.84. The molecule has 7 heteroatoms. The van der Waals surface area contributed by atoms with Gasteiger partial charge in [-0.3, -0.25) is 19.7 Å². The summed E-state index contributed by atoms with van der Waals surface area (Å²) >= 11 is 0. The van der Waals surface area contributed by atoms with Crippen LogP contribution < -0.4 is 0 Å². The first-order valence-corrected chi connectivity index (χ1v) is 6.50. The van der Waals surface area contributed by atoms with E-state index in [1.54, 1.807) is 30.5 Å². The zero-order chi connectivity index (χ0) is 14.5. The Bertz CT molecular complexity index is 480. The van der Waals surface area contributed by atoms with Crippen LogP contribution in [0.3, 0.4) is 0 Å². The van der Waals surface area contributed by atoms with Crippen LogP contribution in [0.2, 0.25) is 0 Å². The zero-order valence-corrected chi connectivity index (χ0v) is 11.7. The van der Waals surface area contributed by atoms with Crippen molar-refractivity contribution in [1.82, 2.24) is 19.8 Å². The van der Waals surface area contributed by atoms with Crippen LogP contribution in [0.1, 0.15) is 12.6 Å². The number of nitrogens with zero attached hydrogens (tertiary/aromatic N) is 4. The Kier molecular flexibility index (Phi) is 4.49. The average molecular weight is 278 g/mol. The smallest absolute Gasteiger partial charge is 0.410 e. The molecule has 1 saturated heterocycles. The molecule has 108 valence electrons. The Morgan fingerprint density at radius 1 is 1.55 bits per heavy atom. The minimum Gasteiger partial charge on any atom is -0.448 e. The fraction of sp³-hybridized carbons (Fsp3) is 0.538. The SMILES string of the molecule is C[C@H](Cc1cnccn1)N(C)C(=O)CN1CCOC1=O. The summed E-state index contributed by atoms with van der Waals surface area (Å²) in [5.74, 6) is -0.111. The summed E-state index contributed by atoms with van der Waals surface area (Å²) in [6.07, 6.45) is 5.13. The minimum absolute atomic E-state index is 0.0159. The van der Waals surface area contributed by atoms with Gasteiger partial charge in [-0.25, -0.2) is 4.79 Å². The van der Waals surface area contributed by atoms with E-state index in [1.807, 2.05) is 6.92 Å². The fourth-order valence-corrected chi connectivity index (χ4v) is 1.96. The molecule has 0 saturated carbocycles. The topological polar surface area (TPSA) is 75.6 Å². The van der Waals surface area contributed by atoms with Crippen molar-refractivity contribution in [2.45, 2.75) is 19.4 Å². The molecule has 0 bridgehead atoms. The largest absolute Gasteiger partial charge is 0.448 e. The van der Waals surface area contributed by atoms with Gasteiger partial charge in [0.25, 0.3) is 0 Å². The molecule has 1 aliphatic heterocycles. The molecule has 2 amide bonds. The molecule has 0 N–H and O–H groups in total. The van der Waals surface area contributed by atoms with E-state index >= 15 is 0 Å². The molecule has 0 unspecified atom stereocenters. The lowest BCUT2D eigenvalue weighted by Gasteiger charge is -2.26. The quantitative estimate of drug-likeness (QED) is 0.775. The molecule has 7 nitrogen and oxygen atoms in total. The van der Waals surface area contributed by atoms with E-state index in [9.17, 15) is 9.59 Å². The highest BCUT2D eigenvalue weighted by Crippen LogP contribution is 2.07. The summed E-state index contributed by atoms with van der Waals surface area (Å²) in [6.45, 7) is 2.82. The molecular weight excluding hydrogens is 260 g/mol. The van der Waals surface area contributed by atoms with E-state index in [1.165, 1.54) is 4.90 Å². The van der Waals surface area contributed by atoms with Crippen molar-refractivity contribution in [2.24, 2.45) is 0 Å². The molecule has 20 heavy (non-hydrogen) atoms. The Labute approximate surface area is 117 Å². The van der Waals surface area contributed by atoms with Crippen molar-refractivity contribution in [1.29, 1.82) is 0 Å². The normalized spacial score (nSPS) is 15.9. The van der Waals surface area contributed by atoms with Crippen LogP contribution in [0.25, 0.3) is 0 Å². The van der Waals surface area contributed by atoms with Gasteiger partial charge in [0, 0.05) is 38.1 Å². The van der Waals surface area contributed by atoms with Crippen molar-refractivity contribution in [3.05, 3.63) is 24.3 Å². The zero-order valence-electron chi connectivity index (χ0n) is 11.7. The van der Waals surface area contributed by atoms with Gasteiger partial charge in [-0.15, -0.1) is 0 Å². The maximum atomic E-state index is 12.1. The van der Waals surface area contributed by atoms with Crippen LogP contribution in [-0.2, 0) is 16.0 Å². The van der Waals surface area contributed by atoms with Crippen molar-refractivity contribution >= 4 is 12.0 Å². The van der Waals surface area contributed by atoms with Crippen LogP contribution in [0.15, 0.2) is 18.6 Å². The summed E-state index contributed by atoms with van der Waals surface area (Å²) in [4.78, 5) is 34.7. The molecule has 0 spiro atoms. The molecular formula is C13H18N4O3. The second-order valence-electron chi connectivity index (χ2n) is 4.79. The fourth-order valence-electron chi connectivity index (χ4n) is 1.96. The van der Waals surface area contributed by atoms with Gasteiger partial charge in [-0.1, -0.05) is 0 Å². The molecule has 1 atom stereocenters. The monoisotopic (exact) mass is 278 g/mol. The Hall–Kier alpha value is -2.18. The maximum Gasteiger partial charge on any atom is 0.410 e. The number of ether oxygens (including phenoxy) is 1. The first-order valence-electron chi connectivity index (χ1n) is 6.50. The number of cyclic esters (lactones) is 1. The predicted molar refractivity (Wildman–Crippen MR) is 70.9 cm³/mol. The lowest BCUT2D eigenvalue weighted by molar-refractivity contribution is -0.132. The number of hydrogen-bond donors (Lipinski definition) is 0. The Balaban J connectivity index is 1.87. The molecule has 1 aromatic heterocycles. The first kappa shape index (κ1) is 14.2. The van der Waals surface area contributed by atoms with Crippen LogP contribution in [-0.4, -0.2) is 64.6 Å². The first-order chi connectivity index (χ1) is 9.58. The van der Waals surface area contributed by atoms with Gasteiger partial charge >= 0.3 is 6.09 Å². The van der Waals surface area contributed by atoms with Crippen LogP contribution in [0.4, 0.5) is 4.79 Å². The minimum atomic E-state index is -0.423. The number of likely N-dealkylation sites (N-methyl/N-ethyl adjacent to an activating group) is 1. The summed E-state index contributed by atoms with van der Waals surface area (Å²) in [5.41, 5.74) is 0.834. The molecule has 0 radical (unpaired) electrons. The van der Waals surface area contributed by atoms with Gasteiger partial charge in [-0.2, -0.15) is 0 Å². The number of carbonyl (C=O) groups is 2. The Morgan fingerprint density at radius 2 is 2.35 bits per heavy atom. The highest BCUT2D eigenvalue weighted by Gasteiger charge is 2.26. The van der Waals surface area contributed by atoms with Crippen molar-refractivity contribution in [3.63, 3.8) is 0 Å². The van der Waals surface area contributed by atoms with Crippen LogP contribution >= 0.6 is 0 Å². The lowest BCUT2D eigenvalue weighted by Crippen LogP contribution is -2.43. The van der Waals surface area contributed by atoms with E-state index in [2.05, 4.69) is 9.97 Å². The number of rotatable bonds is 5. The highest BCUT2D eigenvalue weighted by atomic mass is 16.6. The van der Waals surface area contributed by atoms with Crippen molar-refractivity contribution < 1.29 is 14.3 Å². The van der Waals surface area contributed by atoms with Gasteiger partial charge in [0.2, 0.25) is 5.91 Å². The van der Waals surface area contributed by atoms with Crippen molar-refractivity contribution in [3.8, 4) is 0 Å². The van der Waals surface area contributed by atoms with Gasteiger partial charge in [0.15, 0.2) is 0 Å². The summed E-state index contributed by atoms with van der Waals surface area (Å²) < 4.78 is 4.80. The van der Waals surface area contributed by atoms with E-state index in [-0.39, 0.29) is 18.5 Å². The number of hydrogen-bond acceptors (Lipinski definition) is 5. The molecule has 1 aliphatic rings. The van der Waals surface area contributed by atoms with Gasteiger partial charge in [-0.05, 0) is 6.92 Å². The molecule has 0 aliphatic carbocycles. The number of aromatic nitrogens is 2. The molecule has 2 rings (SSSR count). The number of carbonyl (C=O) groups excluding carboxylic acids is 2. The standard InChI is InChI=1S/C13H18N4O3/c1-10(7-11-8-14-3-4-15-11)16(2)12(18)9-17-5-6-20-13(17)19/h3-4,8,10H,5-7,9H2,1-2H3/t10-/m1/s1. The van der Waals surface area contributed by atoms with E-state index in [4.69, 9.17) is 4.74 Å². The highest BCUT2D eigenvalue weighted by molar-refractivity contribution is 5.82. The second kappa shape index (κ2) is 6.31. The summed E-state index contributed by atoms with van der Waals surface area (Å²) in [5, 5.41) is 0. The molecule has 1 aromatic rings. The van der Waals surface area contributed by atoms with Crippen LogP contribution in [0.5, 0.6) is 0 Å². The van der Waals surface area contributed by atoms with Gasteiger partial charge < -0.3 is 9.64 Å². The second-order valence-corrected chi connectivity index (χ2v) is 4.79. The van der Waals surface area contributed by atoms with Crippen LogP contribution in [0, 0.1) is 0 Å².